The number of carbonyl (C=O) groups is 1. The van der Waals surface area contributed by atoms with Gasteiger partial charge in [-0.2, -0.15) is 0 Å². The molecular formula is C24H19BrN2O2S. The summed E-state index contributed by atoms with van der Waals surface area (Å²) in [6, 6.07) is 20.6. The predicted octanol–water partition coefficient (Wildman–Crippen LogP) is 6.58. The third-order valence-corrected chi connectivity index (χ3v) is 6.45. The van der Waals surface area contributed by atoms with Crippen LogP contribution in [-0.2, 0) is 4.79 Å². The Morgan fingerprint density at radius 1 is 1.00 bits per heavy atom. The normalized spacial score (nSPS) is 16.6. The molecule has 3 aromatic carbocycles. The highest BCUT2D eigenvalue weighted by molar-refractivity contribution is 9.10. The highest BCUT2D eigenvalue weighted by atomic mass is 79.9. The lowest BCUT2D eigenvalue weighted by Gasteiger charge is -2.18. The number of hydrogen-bond donors (Lipinski definition) is 1. The van der Waals surface area contributed by atoms with Crippen LogP contribution < -0.4 is 4.90 Å². The van der Waals surface area contributed by atoms with Gasteiger partial charge in [0.25, 0.3) is 5.91 Å². The molecular weight excluding hydrogens is 460 g/mol. The molecule has 0 aromatic heterocycles. The minimum atomic E-state index is -0.142. The molecule has 0 unspecified atom stereocenters. The van der Waals surface area contributed by atoms with E-state index < -0.39 is 0 Å². The van der Waals surface area contributed by atoms with Gasteiger partial charge in [0.2, 0.25) is 0 Å². The van der Waals surface area contributed by atoms with Crippen LogP contribution in [0.1, 0.15) is 16.7 Å². The molecule has 30 heavy (non-hydrogen) atoms. The number of anilines is 1. The molecule has 6 heteroatoms. The molecule has 150 valence electrons. The van der Waals surface area contributed by atoms with Crippen molar-refractivity contribution >= 4 is 56.2 Å². The zero-order valence-electron chi connectivity index (χ0n) is 16.5. The highest BCUT2D eigenvalue weighted by Gasteiger charge is 2.35. The number of carbonyl (C=O) groups excluding carboxylic acids is 1. The van der Waals surface area contributed by atoms with E-state index >= 15 is 0 Å². The number of thioether (sulfide) groups is 1. The maximum Gasteiger partial charge on any atom is 0.271 e. The number of aliphatic imine (C=N–C) groups is 1. The van der Waals surface area contributed by atoms with Gasteiger partial charge in [0.05, 0.1) is 16.3 Å². The summed E-state index contributed by atoms with van der Waals surface area (Å²) in [5.41, 5.74) is 4.39. The molecule has 4 rings (SSSR count). The molecule has 1 heterocycles. The van der Waals surface area contributed by atoms with Crippen molar-refractivity contribution in [1.29, 1.82) is 0 Å². The number of benzene rings is 3. The number of phenolic OH excluding ortho intramolecular Hbond substituents is 1. The Labute approximate surface area is 188 Å². The first-order valence-corrected chi connectivity index (χ1v) is 11.0. The van der Waals surface area contributed by atoms with E-state index in [1.165, 1.54) is 11.8 Å². The third kappa shape index (κ3) is 4.06. The van der Waals surface area contributed by atoms with Gasteiger partial charge < -0.3 is 5.11 Å². The molecule has 0 saturated carbocycles. The van der Waals surface area contributed by atoms with Crippen LogP contribution in [0.3, 0.4) is 0 Å². The molecule has 0 spiro atoms. The summed E-state index contributed by atoms with van der Waals surface area (Å²) in [6.45, 7) is 3.98. The fourth-order valence-corrected chi connectivity index (χ4v) is 4.49. The first kappa shape index (κ1) is 20.4. The van der Waals surface area contributed by atoms with Gasteiger partial charge in [0.15, 0.2) is 5.17 Å². The van der Waals surface area contributed by atoms with Gasteiger partial charge in [0, 0.05) is 4.47 Å². The number of para-hydroxylation sites is 2. The Bertz CT molecular complexity index is 1200. The summed E-state index contributed by atoms with van der Waals surface area (Å²) in [6.07, 6.45) is 1.78. The molecule has 4 nitrogen and oxygen atoms in total. The average Bonchev–Trinajstić information content (AvgIpc) is 3.02. The lowest BCUT2D eigenvalue weighted by molar-refractivity contribution is -0.113. The van der Waals surface area contributed by atoms with Crippen molar-refractivity contribution in [3.05, 3.63) is 92.8 Å². The SMILES string of the molecule is Cc1ccccc1N=C1SC(=Cc2cc(O)ccc2Br)C(=O)N1c1ccccc1C. The number of aromatic hydroxyl groups is 1. The molecule has 1 saturated heterocycles. The quantitative estimate of drug-likeness (QED) is 0.432. The minimum absolute atomic E-state index is 0.142. The summed E-state index contributed by atoms with van der Waals surface area (Å²) in [4.78, 5) is 20.4. The van der Waals surface area contributed by atoms with Gasteiger partial charge in [-0.3, -0.25) is 9.69 Å². The molecule has 3 aromatic rings. The lowest BCUT2D eigenvalue weighted by Crippen LogP contribution is -2.29. The van der Waals surface area contributed by atoms with E-state index in [2.05, 4.69) is 15.9 Å². The number of amides is 1. The van der Waals surface area contributed by atoms with Gasteiger partial charge in [-0.15, -0.1) is 0 Å². The molecule has 0 radical (unpaired) electrons. The van der Waals surface area contributed by atoms with Crippen molar-refractivity contribution in [2.45, 2.75) is 13.8 Å². The van der Waals surface area contributed by atoms with Crippen molar-refractivity contribution in [1.82, 2.24) is 0 Å². The summed E-state index contributed by atoms with van der Waals surface area (Å²) in [7, 11) is 0. The molecule has 1 amide bonds. The number of nitrogens with zero attached hydrogens (tertiary/aromatic N) is 2. The number of hydrogen-bond acceptors (Lipinski definition) is 4. The molecule has 0 atom stereocenters. The molecule has 1 aliphatic heterocycles. The zero-order valence-corrected chi connectivity index (χ0v) is 18.9. The molecule has 0 aliphatic carbocycles. The molecule has 1 aliphatic rings. The van der Waals surface area contributed by atoms with Crippen molar-refractivity contribution in [2.75, 3.05) is 4.90 Å². The van der Waals surface area contributed by atoms with E-state index in [9.17, 15) is 9.90 Å². The number of amidine groups is 1. The van der Waals surface area contributed by atoms with Crippen LogP contribution in [0.2, 0.25) is 0 Å². The van der Waals surface area contributed by atoms with Crippen LogP contribution >= 0.6 is 27.7 Å². The van der Waals surface area contributed by atoms with Crippen LogP contribution in [0, 0.1) is 13.8 Å². The second kappa shape index (κ2) is 8.50. The second-order valence-electron chi connectivity index (χ2n) is 6.92. The van der Waals surface area contributed by atoms with Crippen LogP contribution in [0.15, 0.2) is 81.1 Å². The first-order chi connectivity index (χ1) is 14.4. The number of phenols is 1. The first-order valence-electron chi connectivity index (χ1n) is 9.36. The van der Waals surface area contributed by atoms with E-state index in [0.717, 1.165) is 32.5 Å². The number of rotatable bonds is 3. The van der Waals surface area contributed by atoms with E-state index in [4.69, 9.17) is 4.99 Å². The van der Waals surface area contributed by atoms with Crippen molar-refractivity contribution in [3.8, 4) is 5.75 Å². The third-order valence-electron chi connectivity index (χ3n) is 4.76. The summed E-state index contributed by atoms with van der Waals surface area (Å²) in [5, 5.41) is 10.4. The molecule has 1 N–H and O–H groups in total. The minimum Gasteiger partial charge on any atom is -0.508 e. The topological polar surface area (TPSA) is 52.9 Å². The Balaban J connectivity index is 1.84. The zero-order chi connectivity index (χ0) is 21.3. The Morgan fingerprint density at radius 3 is 2.43 bits per heavy atom. The van der Waals surface area contributed by atoms with Gasteiger partial charge >= 0.3 is 0 Å². The van der Waals surface area contributed by atoms with Crippen molar-refractivity contribution in [3.63, 3.8) is 0 Å². The maximum atomic E-state index is 13.4. The average molecular weight is 479 g/mol. The van der Waals surface area contributed by atoms with Crippen LogP contribution in [0.5, 0.6) is 5.75 Å². The highest BCUT2D eigenvalue weighted by Crippen LogP contribution is 2.39. The lowest BCUT2D eigenvalue weighted by atomic mass is 10.1. The number of aryl methyl sites for hydroxylation is 2. The Hall–Kier alpha value is -2.83. The summed E-state index contributed by atoms with van der Waals surface area (Å²) < 4.78 is 0.799. The van der Waals surface area contributed by atoms with E-state index in [-0.39, 0.29) is 11.7 Å². The van der Waals surface area contributed by atoms with E-state index in [0.29, 0.717) is 10.1 Å². The summed E-state index contributed by atoms with van der Waals surface area (Å²) in [5.74, 6) is 0.00179. The van der Waals surface area contributed by atoms with Gasteiger partial charge in [-0.25, -0.2) is 4.99 Å². The maximum absolute atomic E-state index is 13.4. The largest absolute Gasteiger partial charge is 0.508 e. The van der Waals surface area contributed by atoms with Crippen LogP contribution in [-0.4, -0.2) is 16.2 Å². The Morgan fingerprint density at radius 2 is 1.70 bits per heavy atom. The van der Waals surface area contributed by atoms with E-state index in [1.807, 2.05) is 62.4 Å². The summed E-state index contributed by atoms with van der Waals surface area (Å²) >= 11 is 4.82. The fraction of sp³-hybridized carbons (Fsp3) is 0.0833. The van der Waals surface area contributed by atoms with Crippen LogP contribution in [0.25, 0.3) is 6.08 Å². The van der Waals surface area contributed by atoms with Crippen molar-refractivity contribution < 1.29 is 9.90 Å². The fourth-order valence-electron chi connectivity index (χ4n) is 3.15. The van der Waals surface area contributed by atoms with E-state index in [1.54, 1.807) is 29.2 Å². The standard InChI is InChI=1S/C24H19BrN2O2S/c1-15-7-3-5-9-20(15)26-24-27(21-10-6-4-8-16(21)2)23(29)22(30-24)14-17-13-18(28)11-12-19(17)25/h3-14,28H,1-2H3. The monoisotopic (exact) mass is 478 g/mol. The van der Waals surface area contributed by atoms with Gasteiger partial charge in [0.1, 0.15) is 5.75 Å². The smallest absolute Gasteiger partial charge is 0.271 e. The van der Waals surface area contributed by atoms with Crippen LogP contribution in [0.4, 0.5) is 11.4 Å². The Kier molecular flexibility index (Phi) is 5.79. The molecule has 1 fully saturated rings. The second-order valence-corrected chi connectivity index (χ2v) is 8.79. The number of halogens is 1. The van der Waals surface area contributed by atoms with Crippen molar-refractivity contribution in [2.24, 2.45) is 4.99 Å². The predicted molar refractivity (Wildman–Crippen MR) is 128 cm³/mol. The van der Waals surface area contributed by atoms with Gasteiger partial charge in [-0.05, 0) is 78.7 Å². The molecule has 0 bridgehead atoms. The van der Waals surface area contributed by atoms with Gasteiger partial charge in [-0.1, -0.05) is 52.3 Å².